The van der Waals surface area contributed by atoms with E-state index >= 15 is 0 Å². The Bertz CT molecular complexity index is 1480. The van der Waals surface area contributed by atoms with E-state index in [-0.39, 0.29) is 12.1 Å². The summed E-state index contributed by atoms with van der Waals surface area (Å²) in [7, 11) is 1.95. The maximum atomic E-state index is 12.9. The predicted octanol–water partition coefficient (Wildman–Crippen LogP) is 6.13. The highest BCUT2D eigenvalue weighted by molar-refractivity contribution is 6.31. The first-order valence-electron chi connectivity index (χ1n) is 11.4. The molecule has 7 nitrogen and oxygen atoms in total. The first kappa shape index (κ1) is 23.3. The predicted molar refractivity (Wildman–Crippen MR) is 149 cm³/mol. The van der Waals surface area contributed by atoms with Crippen LogP contribution in [0.2, 0.25) is 0 Å². The fourth-order valence-corrected chi connectivity index (χ4v) is 4.11. The number of benzene rings is 3. The third kappa shape index (κ3) is 5.26. The van der Waals surface area contributed by atoms with Crippen molar-refractivity contribution in [1.82, 2.24) is 9.88 Å². The number of carbonyl (C=O) groups excluding carboxylic acids is 1. The topological polar surface area (TPSA) is 95.3 Å². The molecular weight excluding hydrogens is 472 g/mol. The summed E-state index contributed by atoms with van der Waals surface area (Å²) in [6.07, 6.45) is 7.30. The molecule has 3 aromatic carbocycles. The second-order valence-corrected chi connectivity index (χ2v) is 8.93. The second-order valence-electron chi connectivity index (χ2n) is 8.49. The van der Waals surface area contributed by atoms with E-state index in [4.69, 9.17) is 17.3 Å². The molecule has 2 heterocycles. The Labute approximate surface area is 214 Å². The zero-order valence-electron chi connectivity index (χ0n) is 19.6. The highest BCUT2D eigenvalue weighted by atomic mass is 35.5. The van der Waals surface area contributed by atoms with Gasteiger partial charge in [0.25, 0.3) is 5.91 Å². The lowest BCUT2D eigenvalue weighted by molar-refractivity contribution is 0.102. The molecular formula is C28H25ClN6O. The zero-order valence-corrected chi connectivity index (χ0v) is 20.3. The van der Waals surface area contributed by atoms with Gasteiger partial charge < -0.3 is 26.6 Å². The number of carbonyl (C=O) groups is 1. The molecule has 1 aliphatic heterocycles. The van der Waals surface area contributed by atoms with Crippen molar-refractivity contribution in [2.24, 2.45) is 0 Å². The van der Waals surface area contributed by atoms with Crippen molar-refractivity contribution in [3.05, 3.63) is 108 Å². The summed E-state index contributed by atoms with van der Waals surface area (Å²) in [5, 5.41) is 11.3. The fourth-order valence-electron chi connectivity index (χ4n) is 3.94. The minimum absolute atomic E-state index is 0.102. The SMILES string of the molecule is CN1C=CC(Cl)=CC1Nc1cccc(C(=O)Nc2ccc(Nc3ccnc4ccc(N)cc34)cc2)c1. The average Bonchev–Trinajstić information content (AvgIpc) is 2.88. The molecule has 0 spiro atoms. The molecule has 1 aliphatic rings. The average molecular weight is 497 g/mol. The van der Waals surface area contributed by atoms with Crippen LogP contribution in [0.1, 0.15) is 10.4 Å². The lowest BCUT2D eigenvalue weighted by atomic mass is 10.1. The number of fused-ring (bicyclic) bond motifs is 1. The number of nitrogen functional groups attached to an aromatic ring is 1. The monoisotopic (exact) mass is 496 g/mol. The highest BCUT2D eigenvalue weighted by Gasteiger charge is 2.14. The third-order valence-electron chi connectivity index (χ3n) is 5.85. The van der Waals surface area contributed by atoms with Gasteiger partial charge in [-0.3, -0.25) is 9.78 Å². The van der Waals surface area contributed by atoms with Crippen molar-refractivity contribution in [3.63, 3.8) is 0 Å². The molecule has 0 saturated heterocycles. The van der Waals surface area contributed by atoms with Crippen LogP contribution in [-0.2, 0) is 0 Å². The Morgan fingerprint density at radius 3 is 2.64 bits per heavy atom. The van der Waals surface area contributed by atoms with E-state index in [0.717, 1.165) is 28.0 Å². The van der Waals surface area contributed by atoms with Crippen molar-refractivity contribution < 1.29 is 4.79 Å². The maximum absolute atomic E-state index is 12.9. The number of allylic oxidation sites excluding steroid dienone is 2. The van der Waals surface area contributed by atoms with Crippen molar-refractivity contribution >= 4 is 56.8 Å². The molecule has 5 rings (SSSR count). The standard InChI is InChI=1S/C28H25ClN6O/c1-35-14-12-19(29)16-27(35)33-23-4-2-3-18(15-23)28(36)34-22-8-6-21(7-9-22)32-26-11-13-31-25-10-5-20(30)17-24(25)26/h2-17,27,33H,30H2,1H3,(H,31,32)(H,34,36). The number of rotatable bonds is 6. The number of amides is 1. The minimum Gasteiger partial charge on any atom is -0.399 e. The summed E-state index contributed by atoms with van der Waals surface area (Å²) >= 11 is 6.13. The largest absolute Gasteiger partial charge is 0.399 e. The summed E-state index contributed by atoms with van der Waals surface area (Å²) in [4.78, 5) is 19.3. The molecule has 180 valence electrons. The van der Waals surface area contributed by atoms with Gasteiger partial charge in [0.1, 0.15) is 6.17 Å². The fraction of sp³-hybridized carbons (Fsp3) is 0.0714. The highest BCUT2D eigenvalue weighted by Crippen LogP contribution is 2.27. The van der Waals surface area contributed by atoms with Gasteiger partial charge in [0, 0.05) is 63.9 Å². The molecule has 4 aromatic rings. The Balaban J connectivity index is 1.25. The van der Waals surface area contributed by atoms with Gasteiger partial charge >= 0.3 is 0 Å². The molecule has 1 unspecified atom stereocenters. The van der Waals surface area contributed by atoms with Gasteiger partial charge in [-0.1, -0.05) is 17.7 Å². The van der Waals surface area contributed by atoms with Gasteiger partial charge in [0.15, 0.2) is 0 Å². The number of halogens is 1. The van der Waals surface area contributed by atoms with Gasteiger partial charge in [-0.05, 0) is 78.9 Å². The summed E-state index contributed by atoms with van der Waals surface area (Å²) in [5.41, 5.74) is 11.3. The summed E-state index contributed by atoms with van der Waals surface area (Å²) in [5.74, 6) is -0.194. The molecule has 0 aliphatic carbocycles. The quantitative estimate of drug-likeness (QED) is 0.240. The van der Waals surface area contributed by atoms with Crippen LogP contribution < -0.4 is 21.7 Å². The number of aromatic nitrogens is 1. The number of likely N-dealkylation sites (N-methyl/N-ethyl adjacent to an activating group) is 1. The molecule has 1 amide bonds. The number of nitrogens with one attached hydrogen (secondary N) is 3. The van der Waals surface area contributed by atoms with Crippen LogP contribution in [0.15, 0.2) is 102 Å². The number of pyridine rings is 1. The van der Waals surface area contributed by atoms with Crippen molar-refractivity contribution in [1.29, 1.82) is 0 Å². The van der Waals surface area contributed by atoms with Crippen LogP contribution in [0.4, 0.5) is 28.4 Å². The van der Waals surface area contributed by atoms with Crippen LogP contribution >= 0.6 is 11.6 Å². The normalized spacial score (nSPS) is 14.9. The van der Waals surface area contributed by atoms with Crippen molar-refractivity contribution in [2.75, 3.05) is 28.7 Å². The summed E-state index contributed by atoms with van der Waals surface area (Å²) in [6, 6.07) is 22.4. The third-order valence-corrected chi connectivity index (χ3v) is 6.10. The van der Waals surface area contributed by atoms with Gasteiger partial charge in [0.2, 0.25) is 0 Å². The van der Waals surface area contributed by atoms with Crippen molar-refractivity contribution in [2.45, 2.75) is 6.17 Å². The molecule has 5 N–H and O–H groups in total. The van der Waals surface area contributed by atoms with E-state index in [2.05, 4.69) is 20.9 Å². The zero-order chi connectivity index (χ0) is 25.1. The molecule has 0 saturated carbocycles. The lowest BCUT2D eigenvalue weighted by Gasteiger charge is -2.28. The number of hydrogen-bond acceptors (Lipinski definition) is 6. The molecule has 0 radical (unpaired) electrons. The van der Waals surface area contributed by atoms with Gasteiger partial charge in [0.05, 0.1) is 5.52 Å². The smallest absolute Gasteiger partial charge is 0.255 e. The van der Waals surface area contributed by atoms with Crippen molar-refractivity contribution in [3.8, 4) is 0 Å². The second kappa shape index (κ2) is 10.0. The van der Waals surface area contributed by atoms with Crippen LogP contribution in [0, 0.1) is 0 Å². The van der Waals surface area contributed by atoms with E-state index in [1.807, 2.05) is 97.0 Å². The van der Waals surface area contributed by atoms with Gasteiger partial charge in [-0.2, -0.15) is 0 Å². The number of hydrogen-bond donors (Lipinski definition) is 4. The Morgan fingerprint density at radius 2 is 1.81 bits per heavy atom. The van der Waals surface area contributed by atoms with Gasteiger partial charge in [-0.25, -0.2) is 0 Å². The molecule has 1 aromatic heterocycles. The van der Waals surface area contributed by atoms with Crippen LogP contribution in [0.5, 0.6) is 0 Å². The van der Waals surface area contributed by atoms with E-state index in [1.54, 1.807) is 12.3 Å². The Morgan fingerprint density at radius 1 is 1.00 bits per heavy atom. The molecule has 36 heavy (non-hydrogen) atoms. The molecule has 8 heteroatoms. The Kier molecular flexibility index (Phi) is 6.47. The first-order valence-corrected chi connectivity index (χ1v) is 11.8. The number of nitrogens with two attached hydrogens (primary N) is 1. The summed E-state index contributed by atoms with van der Waals surface area (Å²) in [6.45, 7) is 0. The summed E-state index contributed by atoms with van der Waals surface area (Å²) < 4.78 is 0. The van der Waals surface area contributed by atoms with E-state index in [0.29, 0.717) is 22.0 Å². The van der Waals surface area contributed by atoms with E-state index < -0.39 is 0 Å². The van der Waals surface area contributed by atoms with Crippen LogP contribution in [0.3, 0.4) is 0 Å². The molecule has 0 bridgehead atoms. The van der Waals surface area contributed by atoms with Gasteiger partial charge in [-0.15, -0.1) is 0 Å². The lowest BCUT2D eigenvalue weighted by Crippen LogP contribution is -2.34. The maximum Gasteiger partial charge on any atom is 0.255 e. The van der Waals surface area contributed by atoms with Crippen LogP contribution in [0.25, 0.3) is 10.9 Å². The minimum atomic E-state index is -0.194. The Hall–Kier alpha value is -4.49. The number of anilines is 5. The van der Waals surface area contributed by atoms with Crippen LogP contribution in [-0.4, -0.2) is 29.0 Å². The first-order chi connectivity index (χ1) is 17.4. The molecule has 1 atom stereocenters. The number of nitrogens with zero attached hydrogens (tertiary/aromatic N) is 2. The van der Waals surface area contributed by atoms with E-state index in [9.17, 15) is 4.79 Å². The molecule has 0 fully saturated rings. The van der Waals surface area contributed by atoms with E-state index in [1.165, 1.54) is 0 Å².